The first-order valence-corrected chi connectivity index (χ1v) is 10.9. The van der Waals surface area contributed by atoms with Crippen LogP contribution in [0.4, 0.5) is 5.69 Å². The van der Waals surface area contributed by atoms with Gasteiger partial charge in [0.15, 0.2) is 0 Å². The highest BCUT2D eigenvalue weighted by Crippen LogP contribution is 2.25. The molecule has 0 spiro atoms. The standard InChI is InChI=1S/C23H21N5OS/c29-22(13-18-15-30-23(26-18)19-8-1-3-10-24-19)25-17-7-5-6-16(12-17)20-14-28-11-4-2-9-21(28)27-20/h1,3,5-8,10,12,14-15H,2,4,9,11,13H2,(H,25,29). The summed E-state index contributed by atoms with van der Waals surface area (Å²) in [5.74, 6) is 1.06. The average Bonchev–Trinajstić information content (AvgIpc) is 3.41. The first kappa shape index (κ1) is 18.7. The molecule has 0 unspecified atom stereocenters. The summed E-state index contributed by atoms with van der Waals surface area (Å²) in [6, 6.07) is 13.6. The number of amides is 1. The predicted octanol–water partition coefficient (Wildman–Crippen LogP) is 4.59. The van der Waals surface area contributed by atoms with Crippen LogP contribution in [0.1, 0.15) is 24.4 Å². The van der Waals surface area contributed by atoms with Crippen molar-refractivity contribution >= 4 is 22.9 Å². The van der Waals surface area contributed by atoms with Crippen molar-refractivity contribution in [2.75, 3.05) is 5.32 Å². The summed E-state index contributed by atoms with van der Waals surface area (Å²) in [4.78, 5) is 26.2. The molecule has 4 heterocycles. The smallest absolute Gasteiger partial charge is 0.230 e. The molecule has 0 bridgehead atoms. The van der Waals surface area contributed by atoms with E-state index in [0.717, 1.165) is 52.1 Å². The SMILES string of the molecule is O=C(Cc1csc(-c2ccccn2)n1)Nc1cccc(-c2cn3c(n2)CCCC3)c1. The molecule has 30 heavy (non-hydrogen) atoms. The van der Waals surface area contributed by atoms with Crippen molar-refractivity contribution in [3.8, 4) is 22.0 Å². The van der Waals surface area contributed by atoms with Crippen LogP contribution in [0.3, 0.4) is 0 Å². The number of hydrogen-bond donors (Lipinski definition) is 1. The topological polar surface area (TPSA) is 72.7 Å². The normalized spacial score (nSPS) is 13.1. The third-order valence-corrected chi connectivity index (χ3v) is 6.04. The highest BCUT2D eigenvalue weighted by atomic mass is 32.1. The molecule has 1 aromatic carbocycles. The fraction of sp³-hybridized carbons (Fsp3) is 0.217. The first-order chi connectivity index (χ1) is 14.7. The summed E-state index contributed by atoms with van der Waals surface area (Å²) < 4.78 is 2.24. The van der Waals surface area contributed by atoms with Crippen molar-refractivity contribution in [1.29, 1.82) is 0 Å². The highest BCUT2D eigenvalue weighted by molar-refractivity contribution is 7.13. The number of carbonyl (C=O) groups excluding carboxylic acids is 1. The molecule has 1 amide bonds. The van der Waals surface area contributed by atoms with Gasteiger partial charge >= 0.3 is 0 Å². The molecule has 0 saturated heterocycles. The second-order valence-corrected chi connectivity index (χ2v) is 8.22. The van der Waals surface area contributed by atoms with Gasteiger partial charge < -0.3 is 9.88 Å². The fourth-order valence-corrected chi connectivity index (χ4v) is 4.47. The Bertz CT molecular complexity index is 1160. The molecule has 3 aromatic heterocycles. The molecule has 0 saturated carbocycles. The summed E-state index contributed by atoms with van der Waals surface area (Å²) in [6.45, 7) is 1.03. The molecule has 4 aromatic rings. The van der Waals surface area contributed by atoms with E-state index in [9.17, 15) is 4.79 Å². The van der Waals surface area contributed by atoms with E-state index in [1.54, 1.807) is 6.20 Å². The van der Waals surface area contributed by atoms with Gasteiger partial charge in [0.25, 0.3) is 0 Å². The minimum absolute atomic E-state index is 0.0887. The van der Waals surface area contributed by atoms with Crippen LogP contribution in [0.15, 0.2) is 60.2 Å². The van der Waals surface area contributed by atoms with Crippen molar-refractivity contribution in [3.05, 3.63) is 71.8 Å². The third-order valence-electron chi connectivity index (χ3n) is 5.13. The number of nitrogens with zero attached hydrogens (tertiary/aromatic N) is 4. The summed E-state index contributed by atoms with van der Waals surface area (Å²) in [7, 11) is 0. The van der Waals surface area contributed by atoms with E-state index >= 15 is 0 Å². The van der Waals surface area contributed by atoms with Crippen LogP contribution < -0.4 is 5.32 Å². The first-order valence-electron chi connectivity index (χ1n) is 10.1. The maximum atomic E-state index is 12.6. The van der Waals surface area contributed by atoms with E-state index < -0.39 is 0 Å². The number of aryl methyl sites for hydroxylation is 2. The molecule has 0 atom stereocenters. The highest BCUT2D eigenvalue weighted by Gasteiger charge is 2.14. The van der Waals surface area contributed by atoms with Crippen LogP contribution in [-0.2, 0) is 24.2 Å². The maximum Gasteiger partial charge on any atom is 0.230 e. The number of rotatable bonds is 5. The van der Waals surface area contributed by atoms with Gasteiger partial charge in [-0.05, 0) is 37.1 Å². The molecule has 6 nitrogen and oxygen atoms in total. The van der Waals surface area contributed by atoms with Gasteiger partial charge in [-0.3, -0.25) is 9.78 Å². The van der Waals surface area contributed by atoms with Crippen molar-refractivity contribution in [3.63, 3.8) is 0 Å². The van der Waals surface area contributed by atoms with Crippen LogP contribution >= 0.6 is 11.3 Å². The molecular weight excluding hydrogens is 394 g/mol. The number of hydrogen-bond acceptors (Lipinski definition) is 5. The van der Waals surface area contributed by atoms with Gasteiger partial charge in [0, 0.05) is 42.0 Å². The molecule has 150 valence electrons. The summed E-state index contributed by atoms with van der Waals surface area (Å²) in [6.07, 6.45) is 7.52. The molecule has 0 aliphatic carbocycles. The van der Waals surface area contributed by atoms with E-state index in [1.807, 2.05) is 47.8 Å². The van der Waals surface area contributed by atoms with Gasteiger partial charge in [-0.2, -0.15) is 0 Å². The van der Waals surface area contributed by atoms with Crippen LogP contribution in [0.5, 0.6) is 0 Å². The summed E-state index contributed by atoms with van der Waals surface area (Å²) >= 11 is 1.50. The zero-order valence-electron chi connectivity index (χ0n) is 16.4. The zero-order chi connectivity index (χ0) is 20.3. The molecule has 0 fully saturated rings. The Morgan fingerprint density at radius 3 is 2.93 bits per heavy atom. The average molecular weight is 416 g/mol. The number of thiazole rings is 1. The van der Waals surface area contributed by atoms with Gasteiger partial charge in [0.05, 0.1) is 23.5 Å². The third kappa shape index (κ3) is 4.02. The van der Waals surface area contributed by atoms with Crippen LogP contribution in [0.2, 0.25) is 0 Å². The van der Waals surface area contributed by atoms with E-state index in [-0.39, 0.29) is 12.3 Å². The molecule has 1 aliphatic heterocycles. The quantitative estimate of drug-likeness (QED) is 0.518. The van der Waals surface area contributed by atoms with Crippen LogP contribution in [-0.4, -0.2) is 25.4 Å². The van der Waals surface area contributed by atoms with Gasteiger partial charge in [-0.1, -0.05) is 18.2 Å². The number of fused-ring (bicyclic) bond motifs is 1. The number of carbonyl (C=O) groups is 1. The number of aromatic nitrogens is 4. The van der Waals surface area contributed by atoms with Crippen LogP contribution in [0, 0.1) is 0 Å². The largest absolute Gasteiger partial charge is 0.334 e. The monoisotopic (exact) mass is 415 g/mol. The minimum atomic E-state index is -0.0887. The number of pyridine rings is 1. The lowest BCUT2D eigenvalue weighted by atomic mass is 10.1. The Morgan fingerprint density at radius 2 is 2.07 bits per heavy atom. The van der Waals surface area contributed by atoms with E-state index in [0.29, 0.717) is 0 Å². The maximum absolute atomic E-state index is 12.6. The van der Waals surface area contributed by atoms with Crippen molar-refractivity contribution in [2.45, 2.75) is 32.2 Å². The predicted molar refractivity (Wildman–Crippen MR) is 118 cm³/mol. The van der Waals surface area contributed by atoms with E-state index in [1.165, 1.54) is 24.2 Å². The van der Waals surface area contributed by atoms with Gasteiger partial charge in [0.1, 0.15) is 10.8 Å². The van der Waals surface area contributed by atoms with Crippen molar-refractivity contribution < 1.29 is 4.79 Å². The van der Waals surface area contributed by atoms with Gasteiger partial charge in [0.2, 0.25) is 5.91 Å². The lowest BCUT2D eigenvalue weighted by Gasteiger charge is -2.11. The number of imidazole rings is 1. The fourth-order valence-electron chi connectivity index (χ4n) is 3.67. The minimum Gasteiger partial charge on any atom is -0.334 e. The molecule has 0 radical (unpaired) electrons. The second-order valence-electron chi connectivity index (χ2n) is 7.36. The number of benzene rings is 1. The summed E-state index contributed by atoms with van der Waals surface area (Å²) in [5, 5.41) is 5.72. The van der Waals surface area contributed by atoms with Crippen LogP contribution in [0.25, 0.3) is 22.0 Å². The lowest BCUT2D eigenvalue weighted by Crippen LogP contribution is -2.14. The molecule has 5 rings (SSSR count). The van der Waals surface area contributed by atoms with E-state index in [2.05, 4.69) is 26.0 Å². The zero-order valence-corrected chi connectivity index (χ0v) is 17.2. The summed E-state index contributed by atoms with van der Waals surface area (Å²) in [5.41, 5.74) is 4.31. The molecule has 1 N–H and O–H groups in total. The Morgan fingerprint density at radius 1 is 1.10 bits per heavy atom. The Kier molecular flexibility index (Phi) is 5.11. The number of anilines is 1. The van der Waals surface area contributed by atoms with Gasteiger partial charge in [-0.15, -0.1) is 11.3 Å². The van der Waals surface area contributed by atoms with E-state index in [4.69, 9.17) is 4.98 Å². The molecular formula is C23H21N5OS. The number of nitrogens with one attached hydrogen (secondary N) is 1. The molecule has 1 aliphatic rings. The second kappa shape index (κ2) is 8.20. The molecule has 7 heteroatoms. The lowest BCUT2D eigenvalue weighted by molar-refractivity contribution is -0.115. The Hall–Kier alpha value is -3.32. The van der Waals surface area contributed by atoms with Crippen molar-refractivity contribution in [2.24, 2.45) is 0 Å². The Labute approximate surface area is 178 Å². The van der Waals surface area contributed by atoms with Crippen molar-refractivity contribution in [1.82, 2.24) is 19.5 Å². The van der Waals surface area contributed by atoms with Gasteiger partial charge in [-0.25, -0.2) is 9.97 Å². The Balaban J connectivity index is 1.27.